The standard InChI is InChI=1S/C28H29N3O2/c32-26(14-13-22-8-3-1-4-9-22)30-18-15-24(16-19-30)28(33)31-21-20-29-17-7-12-25(29)27(31)23-10-5-2-6-11-23/h1-14,17,24,27H,15-16,18-21H2/b14-13+. The molecule has 0 N–H and O–H groups in total. The molecule has 2 aliphatic rings. The van der Waals surface area contributed by atoms with Crippen molar-refractivity contribution >= 4 is 17.9 Å². The number of carbonyl (C=O) groups is 2. The lowest BCUT2D eigenvalue weighted by Gasteiger charge is -2.40. The first-order valence-corrected chi connectivity index (χ1v) is 11.7. The van der Waals surface area contributed by atoms with E-state index in [1.165, 1.54) is 5.69 Å². The molecule has 0 spiro atoms. The minimum absolute atomic E-state index is 0.0164. The van der Waals surface area contributed by atoms with Gasteiger partial charge in [-0.15, -0.1) is 0 Å². The molecule has 0 radical (unpaired) electrons. The van der Waals surface area contributed by atoms with Crippen molar-refractivity contribution in [1.29, 1.82) is 0 Å². The maximum Gasteiger partial charge on any atom is 0.246 e. The molecule has 3 heterocycles. The number of amides is 2. The Bertz CT molecular complexity index is 1130. The average molecular weight is 440 g/mol. The van der Waals surface area contributed by atoms with E-state index >= 15 is 0 Å². The number of hydrogen-bond acceptors (Lipinski definition) is 2. The van der Waals surface area contributed by atoms with Gasteiger partial charge in [-0.1, -0.05) is 60.7 Å². The Morgan fingerprint density at radius 1 is 0.788 bits per heavy atom. The number of fused-ring (bicyclic) bond motifs is 1. The second kappa shape index (κ2) is 9.49. The van der Waals surface area contributed by atoms with Gasteiger partial charge >= 0.3 is 0 Å². The van der Waals surface area contributed by atoms with Crippen molar-refractivity contribution in [3.8, 4) is 0 Å². The first-order chi connectivity index (χ1) is 16.2. The van der Waals surface area contributed by atoms with Crippen LogP contribution in [-0.4, -0.2) is 45.8 Å². The number of rotatable bonds is 4. The second-order valence-corrected chi connectivity index (χ2v) is 8.81. The highest BCUT2D eigenvalue weighted by atomic mass is 16.2. The van der Waals surface area contributed by atoms with E-state index in [4.69, 9.17) is 0 Å². The molecule has 2 amide bonds. The van der Waals surface area contributed by atoms with Gasteiger partial charge < -0.3 is 14.4 Å². The average Bonchev–Trinajstić information content (AvgIpc) is 3.36. The quantitative estimate of drug-likeness (QED) is 0.567. The first-order valence-electron chi connectivity index (χ1n) is 11.7. The second-order valence-electron chi connectivity index (χ2n) is 8.81. The monoisotopic (exact) mass is 439 g/mol. The van der Waals surface area contributed by atoms with E-state index in [9.17, 15) is 9.59 Å². The van der Waals surface area contributed by atoms with E-state index in [0.717, 1.165) is 17.7 Å². The van der Waals surface area contributed by atoms with Crippen LogP contribution in [0.15, 0.2) is 85.1 Å². The largest absolute Gasteiger partial charge is 0.348 e. The summed E-state index contributed by atoms with van der Waals surface area (Å²) in [6.07, 6.45) is 7.01. The minimum Gasteiger partial charge on any atom is -0.348 e. The van der Waals surface area contributed by atoms with Gasteiger partial charge in [0, 0.05) is 50.1 Å². The third-order valence-corrected chi connectivity index (χ3v) is 6.81. The van der Waals surface area contributed by atoms with Crippen LogP contribution in [0.25, 0.3) is 6.08 Å². The number of carbonyl (C=O) groups excluding carboxylic acids is 2. The van der Waals surface area contributed by atoms with E-state index < -0.39 is 0 Å². The van der Waals surface area contributed by atoms with Crippen LogP contribution in [0.2, 0.25) is 0 Å². The number of hydrogen-bond donors (Lipinski definition) is 0. The zero-order valence-corrected chi connectivity index (χ0v) is 18.7. The molecule has 2 aromatic carbocycles. The molecular weight excluding hydrogens is 410 g/mol. The Balaban J connectivity index is 1.26. The smallest absolute Gasteiger partial charge is 0.246 e. The van der Waals surface area contributed by atoms with Crippen molar-refractivity contribution in [2.45, 2.75) is 25.4 Å². The fraction of sp³-hybridized carbons (Fsp3) is 0.286. The van der Waals surface area contributed by atoms with Crippen LogP contribution in [0.1, 0.15) is 35.7 Å². The lowest BCUT2D eigenvalue weighted by Crippen LogP contribution is -2.48. The predicted molar refractivity (Wildman–Crippen MR) is 129 cm³/mol. The summed E-state index contributed by atoms with van der Waals surface area (Å²) >= 11 is 0. The van der Waals surface area contributed by atoms with Crippen LogP contribution < -0.4 is 0 Å². The van der Waals surface area contributed by atoms with Crippen molar-refractivity contribution in [2.75, 3.05) is 19.6 Å². The summed E-state index contributed by atoms with van der Waals surface area (Å²) in [6, 6.07) is 24.3. The van der Waals surface area contributed by atoms with Crippen molar-refractivity contribution in [3.05, 3.63) is 102 Å². The van der Waals surface area contributed by atoms with Gasteiger partial charge in [-0.3, -0.25) is 9.59 Å². The fourth-order valence-corrected chi connectivity index (χ4v) is 5.03. The maximum absolute atomic E-state index is 13.7. The van der Waals surface area contributed by atoms with Gasteiger partial charge in [0.1, 0.15) is 0 Å². The van der Waals surface area contributed by atoms with Gasteiger partial charge in [0.05, 0.1) is 6.04 Å². The molecule has 2 aliphatic heterocycles. The molecule has 5 heteroatoms. The topological polar surface area (TPSA) is 45.6 Å². The van der Waals surface area contributed by atoms with E-state index in [1.807, 2.05) is 59.5 Å². The van der Waals surface area contributed by atoms with Gasteiger partial charge in [0.15, 0.2) is 0 Å². The predicted octanol–water partition coefficient (Wildman–Crippen LogP) is 4.37. The van der Waals surface area contributed by atoms with Crippen LogP contribution in [0.3, 0.4) is 0 Å². The molecule has 1 fully saturated rings. The number of benzene rings is 2. The molecular formula is C28H29N3O2. The lowest BCUT2D eigenvalue weighted by molar-refractivity contribution is -0.141. The highest BCUT2D eigenvalue weighted by Gasteiger charge is 2.36. The normalized spacial score (nSPS) is 19.0. The summed E-state index contributed by atoms with van der Waals surface area (Å²) in [7, 11) is 0. The van der Waals surface area contributed by atoms with Crippen LogP contribution in [0.5, 0.6) is 0 Å². The van der Waals surface area contributed by atoms with Crippen molar-refractivity contribution in [1.82, 2.24) is 14.4 Å². The molecule has 168 valence electrons. The van der Waals surface area contributed by atoms with Gasteiger partial charge in [-0.05, 0) is 42.2 Å². The molecule has 3 aromatic rings. The molecule has 1 aromatic heterocycles. The van der Waals surface area contributed by atoms with Crippen LogP contribution in [0, 0.1) is 5.92 Å². The molecule has 5 nitrogen and oxygen atoms in total. The Morgan fingerprint density at radius 3 is 2.21 bits per heavy atom. The van der Waals surface area contributed by atoms with E-state index in [1.54, 1.807) is 6.08 Å². The zero-order chi connectivity index (χ0) is 22.6. The van der Waals surface area contributed by atoms with Crippen molar-refractivity contribution < 1.29 is 9.59 Å². The highest BCUT2D eigenvalue weighted by Crippen LogP contribution is 2.34. The lowest BCUT2D eigenvalue weighted by atomic mass is 9.92. The first kappa shape index (κ1) is 21.3. The minimum atomic E-state index is -0.0593. The molecule has 1 saturated heterocycles. The van der Waals surface area contributed by atoms with E-state index in [-0.39, 0.29) is 23.8 Å². The summed E-state index contributed by atoms with van der Waals surface area (Å²) in [4.78, 5) is 30.2. The third-order valence-electron chi connectivity index (χ3n) is 6.81. The van der Waals surface area contributed by atoms with Gasteiger partial charge in [-0.25, -0.2) is 0 Å². The highest BCUT2D eigenvalue weighted by molar-refractivity contribution is 5.92. The number of aromatic nitrogens is 1. The van der Waals surface area contributed by atoms with Gasteiger partial charge in [0.2, 0.25) is 11.8 Å². The molecule has 33 heavy (non-hydrogen) atoms. The van der Waals surface area contributed by atoms with E-state index in [2.05, 4.69) is 39.9 Å². The molecule has 5 rings (SSSR count). The number of nitrogens with zero attached hydrogens (tertiary/aromatic N) is 3. The molecule has 1 atom stereocenters. The Morgan fingerprint density at radius 2 is 1.48 bits per heavy atom. The van der Waals surface area contributed by atoms with Crippen LogP contribution in [-0.2, 0) is 16.1 Å². The zero-order valence-electron chi connectivity index (χ0n) is 18.7. The Kier molecular flexibility index (Phi) is 6.11. The summed E-state index contributed by atoms with van der Waals surface area (Å²) in [5.41, 5.74) is 3.32. The molecule has 0 aliphatic carbocycles. The fourth-order valence-electron chi connectivity index (χ4n) is 5.03. The molecule has 1 unspecified atom stereocenters. The van der Waals surface area contributed by atoms with Gasteiger partial charge in [-0.2, -0.15) is 0 Å². The Hall–Kier alpha value is -3.60. The van der Waals surface area contributed by atoms with Crippen molar-refractivity contribution in [3.63, 3.8) is 0 Å². The summed E-state index contributed by atoms with van der Waals surface area (Å²) in [6.45, 7) is 2.77. The van der Waals surface area contributed by atoms with E-state index in [0.29, 0.717) is 32.5 Å². The third kappa shape index (κ3) is 4.49. The summed E-state index contributed by atoms with van der Waals surface area (Å²) in [5, 5.41) is 0. The number of piperidine rings is 1. The SMILES string of the molecule is O=C(/C=C/c1ccccc1)N1CCC(C(=O)N2CCn3cccc3C2c2ccccc2)CC1. The summed E-state index contributed by atoms with van der Waals surface area (Å²) in [5.74, 6) is 0.186. The van der Waals surface area contributed by atoms with Crippen LogP contribution >= 0.6 is 0 Å². The van der Waals surface area contributed by atoms with Crippen molar-refractivity contribution in [2.24, 2.45) is 5.92 Å². The Labute approximate surface area is 194 Å². The van der Waals surface area contributed by atoms with Gasteiger partial charge in [0.25, 0.3) is 0 Å². The number of likely N-dealkylation sites (tertiary alicyclic amines) is 1. The summed E-state index contributed by atoms with van der Waals surface area (Å²) < 4.78 is 2.25. The molecule has 0 saturated carbocycles. The maximum atomic E-state index is 13.7. The van der Waals surface area contributed by atoms with Crippen LogP contribution in [0.4, 0.5) is 0 Å². The molecule has 0 bridgehead atoms.